The van der Waals surface area contributed by atoms with Crippen LogP contribution >= 0.6 is 0 Å². The number of unbranched alkanes of at least 4 members (excludes halogenated alkanes) is 8. The molecule has 15 nitrogen and oxygen atoms in total. The van der Waals surface area contributed by atoms with Crippen molar-refractivity contribution in [1.29, 1.82) is 0 Å². The lowest BCUT2D eigenvalue weighted by Gasteiger charge is -2.29. The van der Waals surface area contributed by atoms with E-state index >= 15 is 0 Å². The second-order valence-corrected chi connectivity index (χ2v) is 16.3. The van der Waals surface area contributed by atoms with Crippen molar-refractivity contribution in [1.82, 2.24) is 16.0 Å². The van der Waals surface area contributed by atoms with Crippen molar-refractivity contribution in [3.05, 3.63) is 77.4 Å². The molecule has 0 aliphatic carbocycles. The highest BCUT2D eigenvalue weighted by molar-refractivity contribution is 5.94. The summed E-state index contributed by atoms with van der Waals surface area (Å²) >= 11 is 0. The molecule has 0 spiro atoms. The van der Waals surface area contributed by atoms with E-state index in [0.717, 1.165) is 26.4 Å². The standard InChI is InChI=1S/C47H65N5O10/c1-6-7-8-9-10-11-12-13-17-20-40(54)49-34-25-31-21-22-38(34)62-39-28-32(27-37(53)43(39)60-4)41(42(55)47(59)61-5)52-46(58)35(24-30-18-15-14-16-19-30)51-45(57)36(26-31)50-44(56)33(48)23-29(2)3/h14-16,18-19,21-22,25,27-29,33,35-36,41-42,53,55H,6-13,17,20,23-24,26,48H2,1-5H3,(H,49,54)(H,50,56)(H,51,57)(H,52,58)/t33-,35-,36+,41-,42+/m1/s1. The number of nitrogens with one attached hydrogen (secondary N) is 4. The number of carbonyl (C=O) groups excluding carboxylic acids is 5. The predicted molar refractivity (Wildman–Crippen MR) is 236 cm³/mol. The number of anilines is 1. The number of hydrogen-bond donors (Lipinski definition) is 7. The number of amides is 4. The highest BCUT2D eigenvalue weighted by Gasteiger charge is 2.36. The van der Waals surface area contributed by atoms with Crippen molar-refractivity contribution in [2.24, 2.45) is 11.7 Å². The number of benzene rings is 3. The van der Waals surface area contributed by atoms with Gasteiger partial charge in [-0.15, -0.1) is 0 Å². The Labute approximate surface area is 364 Å². The number of methoxy groups -OCH3 is 2. The molecule has 0 saturated heterocycles. The van der Waals surface area contributed by atoms with Gasteiger partial charge in [-0.05, 0) is 59.7 Å². The summed E-state index contributed by atoms with van der Waals surface area (Å²) in [5.41, 5.74) is 7.69. The summed E-state index contributed by atoms with van der Waals surface area (Å²) in [7, 11) is 2.38. The van der Waals surface area contributed by atoms with Crippen molar-refractivity contribution in [3.63, 3.8) is 0 Å². The molecule has 0 fully saturated rings. The van der Waals surface area contributed by atoms with Crippen LogP contribution in [0.1, 0.15) is 114 Å². The van der Waals surface area contributed by atoms with Crippen LogP contribution in [0.25, 0.3) is 0 Å². The van der Waals surface area contributed by atoms with E-state index < -0.39 is 59.7 Å². The summed E-state index contributed by atoms with van der Waals surface area (Å²) in [6, 6.07) is 11.2. The molecule has 2 aliphatic rings. The number of ether oxygens (including phenoxy) is 3. The lowest BCUT2D eigenvalue weighted by Crippen LogP contribution is -2.57. The first-order valence-corrected chi connectivity index (χ1v) is 21.7. The molecular formula is C47H65N5O10. The number of carbonyl (C=O) groups is 5. The van der Waals surface area contributed by atoms with E-state index in [0.29, 0.717) is 24.0 Å². The maximum Gasteiger partial charge on any atom is 0.337 e. The lowest BCUT2D eigenvalue weighted by molar-refractivity contribution is -0.152. The second-order valence-electron chi connectivity index (χ2n) is 16.3. The molecule has 0 saturated carbocycles. The summed E-state index contributed by atoms with van der Waals surface area (Å²) in [5, 5.41) is 33.7. The van der Waals surface area contributed by atoms with Crippen LogP contribution in [0.5, 0.6) is 23.0 Å². The number of aromatic hydroxyl groups is 1. The molecule has 4 bridgehead atoms. The first-order valence-electron chi connectivity index (χ1n) is 21.7. The Kier molecular flexibility index (Phi) is 19.5. The molecule has 2 aliphatic heterocycles. The molecule has 5 atom stereocenters. The maximum absolute atomic E-state index is 14.4. The summed E-state index contributed by atoms with van der Waals surface area (Å²) in [4.78, 5) is 68.5. The monoisotopic (exact) mass is 859 g/mol. The summed E-state index contributed by atoms with van der Waals surface area (Å²) in [5.74, 6) is -3.90. The van der Waals surface area contributed by atoms with Crippen molar-refractivity contribution < 1.29 is 48.4 Å². The van der Waals surface area contributed by atoms with Gasteiger partial charge in [-0.1, -0.05) is 109 Å². The number of fused-ring (bicyclic) bond motifs is 9. The fourth-order valence-electron chi connectivity index (χ4n) is 7.41. The SMILES string of the molecule is CCCCCCCCCCCC(=O)Nc1cc2ccc1Oc1cc(cc(O)c1OC)[C@H]([C@H](O)C(=O)OC)NC(=O)[C@@H](Cc1ccccc1)NC(=O)[C@@H](NC(=O)[C@H](N)CC(C)C)C2. The molecule has 338 valence electrons. The highest BCUT2D eigenvalue weighted by atomic mass is 16.5. The molecule has 0 unspecified atom stereocenters. The molecule has 3 aromatic carbocycles. The molecule has 3 aromatic rings. The zero-order valence-corrected chi connectivity index (χ0v) is 36.7. The maximum atomic E-state index is 14.4. The van der Waals surface area contributed by atoms with E-state index in [2.05, 4.69) is 28.2 Å². The highest BCUT2D eigenvalue weighted by Crippen LogP contribution is 2.43. The number of nitrogens with two attached hydrogens (primary N) is 1. The number of esters is 1. The van der Waals surface area contributed by atoms with Crippen LogP contribution in [-0.2, 0) is 41.6 Å². The van der Waals surface area contributed by atoms with Gasteiger partial charge in [0, 0.05) is 19.3 Å². The molecule has 15 heteroatoms. The van der Waals surface area contributed by atoms with E-state index in [1.807, 2.05) is 13.8 Å². The topological polar surface area (TPSA) is 228 Å². The molecular weight excluding hydrogens is 795 g/mol. The third kappa shape index (κ3) is 14.8. The fourth-order valence-corrected chi connectivity index (χ4v) is 7.41. The minimum Gasteiger partial charge on any atom is -0.504 e. The Morgan fingerprint density at radius 3 is 2.21 bits per heavy atom. The van der Waals surface area contributed by atoms with Gasteiger partial charge in [-0.2, -0.15) is 0 Å². The second kappa shape index (κ2) is 24.7. The molecule has 5 rings (SSSR count). The Bertz CT molecular complexity index is 1960. The molecule has 4 amide bonds. The normalized spacial score (nSPS) is 17.6. The number of phenols is 1. The minimum atomic E-state index is -2.00. The first-order chi connectivity index (χ1) is 29.7. The van der Waals surface area contributed by atoms with E-state index in [1.165, 1.54) is 51.3 Å². The van der Waals surface area contributed by atoms with Gasteiger partial charge in [0.1, 0.15) is 12.1 Å². The van der Waals surface area contributed by atoms with Crippen LogP contribution in [0, 0.1) is 5.92 Å². The average molecular weight is 860 g/mol. The Morgan fingerprint density at radius 2 is 1.56 bits per heavy atom. The Balaban J connectivity index is 1.80. The molecule has 8 N–H and O–H groups in total. The summed E-state index contributed by atoms with van der Waals surface area (Å²) in [6.07, 6.45) is 8.24. The first kappa shape index (κ1) is 49.0. The van der Waals surface area contributed by atoms with Crippen LogP contribution < -0.4 is 36.5 Å². The van der Waals surface area contributed by atoms with Gasteiger partial charge < -0.3 is 51.4 Å². The molecule has 62 heavy (non-hydrogen) atoms. The van der Waals surface area contributed by atoms with Crippen molar-refractivity contribution in [3.8, 4) is 23.0 Å². The van der Waals surface area contributed by atoms with Crippen molar-refractivity contribution in [2.75, 3.05) is 19.5 Å². The zero-order chi connectivity index (χ0) is 45.2. The quantitative estimate of drug-likeness (QED) is 0.0524. The lowest BCUT2D eigenvalue weighted by atomic mass is 9.97. The predicted octanol–water partition coefficient (Wildman–Crippen LogP) is 5.89. The van der Waals surface area contributed by atoms with E-state index in [1.54, 1.807) is 48.5 Å². The van der Waals surface area contributed by atoms with Gasteiger partial charge in [0.25, 0.3) is 0 Å². The number of hydrogen-bond acceptors (Lipinski definition) is 11. The average Bonchev–Trinajstić information content (AvgIpc) is 3.24. The van der Waals surface area contributed by atoms with Gasteiger partial charge in [0.2, 0.25) is 29.4 Å². The fraction of sp³-hybridized carbons (Fsp3) is 0.511. The van der Waals surface area contributed by atoms with Gasteiger partial charge in [0.05, 0.1) is 32.0 Å². The molecule has 0 radical (unpaired) electrons. The third-order valence-corrected chi connectivity index (χ3v) is 10.8. The van der Waals surface area contributed by atoms with E-state index in [9.17, 15) is 34.2 Å². The molecule has 0 aromatic heterocycles. The van der Waals surface area contributed by atoms with Crippen LogP contribution in [0.3, 0.4) is 0 Å². The minimum absolute atomic E-state index is 0.0123. The van der Waals surface area contributed by atoms with Crippen molar-refractivity contribution >= 4 is 35.3 Å². The van der Waals surface area contributed by atoms with Gasteiger partial charge >= 0.3 is 5.97 Å². The zero-order valence-electron chi connectivity index (χ0n) is 36.7. The van der Waals surface area contributed by atoms with E-state index in [4.69, 9.17) is 19.9 Å². The van der Waals surface area contributed by atoms with Crippen LogP contribution in [-0.4, -0.2) is 78.3 Å². The Morgan fingerprint density at radius 1 is 0.887 bits per heavy atom. The van der Waals surface area contributed by atoms with Gasteiger partial charge in [0.15, 0.2) is 23.4 Å². The smallest absolute Gasteiger partial charge is 0.337 e. The van der Waals surface area contributed by atoms with Gasteiger partial charge in [-0.3, -0.25) is 19.2 Å². The summed E-state index contributed by atoms with van der Waals surface area (Å²) in [6.45, 7) is 6.04. The number of aliphatic hydroxyl groups is 1. The summed E-state index contributed by atoms with van der Waals surface area (Å²) < 4.78 is 16.7. The Hall–Kier alpha value is -5.67. The number of aliphatic hydroxyl groups excluding tert-OH is 1. The largest absolute Gasteiger partial charge is 0.504 e. The molecule has 2 heterocycles. The van der Waals surface area contributed by atoms with Gasteiger partial charge in [-0.25, -0.2) is 4.79 Å². The van der Waals surface area contributed by atoms with Crippen molar-refractivity contribution in [2.45, 2.75) is 135 Å². The van der Waals surface area contributed by atoms with E-state index in [-0.39, 0.29) is 59.6 Å². The number of phenolic OH excluding ortho intramolecular Hbond substituents is 1. The van der Waals surface area contributed by atoms with Crippen LogP contribution in [0.4, 0.5) is 5.69 Å². The third-order valence-electron chi connectivity index (χ3n) is 10.8. The van der Waals surface area contributed by atoms with Crippen LogP contribution in [0.15, 0.2) is 60.7 Å². The van der Waals surface area contributed by atoms with Crippen LogP contribution in [0.2, 0.25) is 0 Å². The number of rotatable bonds is 20.